The number of piperidine rings is 1. The average Bonchev–Trinajstić information content (AvgIpc) is 3.10. The van der Waals surface area contributed by atoms with Gasteiger partial charge in [-0.25, -0.2) is 4.98 Å². The third-order valence-corrected chi connectivity index (χ3v) is 5.67. The molecule has 0 unspecified atom stereocenters. The molecule has 1 aromatic heterocycles. The van der Waals surface area contributed by atoms with Gasteiger partial charge in [0.15, 0.2) is 0 Å². The highest BCUT2D eigenvalue weighted by atomic mass is 35.5. The Morgan fingerprint density at radius 2 is 1.93 bits per heavy atom. The summed E-state index contributed by atoms with van der Waals surface area (Å²) in [6.07, 6.45) is 5.05. The Morgan fingerprint density at radius 3 is 2.70 bits per heavy atom. The van der Waals surface area contributed by atoms with Crippen LogP contribution in [0.3, 0.4) is 0 Å². The van der Waals surface area contributed by atoms with Gasteiger partial charge in [-0.05, 0) is 94.2 Å². The van der Waals surface area contributed by atoms with E-state index in [1.165, 1.54) is 32.4 Å². The lowest BCUT2D eigenvalue weighted by Crippen LogP contribution is -2.30. The molecule has 4 rings (SSSR count). The summed E-state index contributed by atoms with van der Waals surface area (Å²) in [5.74, 6) is 2.64. The highest BCUT2D eigenvalue weighted by Crippen LogP contribution is 2.25. The number of aromatic nitrogens is 2. The van der Waals surface area contributed by atoms with Gasteiger partial charge >= 0.3 is 0 Å². The van der Waals surface area contributed by atoms with Crippen molar-refractivity contribution in [3.63, 3.8) is 0 Å². The van der Waals surface area contributed by atoms with Gasteiger partial charge in [-0.15, -0.1) is 0 Å². The van der Waals surface area contributed by atoms with Crippen LogP contribution in [-0.4, -0.2) is 41.6 Å². The number of benzene rings is 2. The average molecular weight is 384 g/mol. The van der Waals surface area contributed by atoms with Crippen LogP contribution in [0.1, 0.15) is 25.7 Å². The Balaban J connectivity index is 1.29. The number of nitrogens with one attached hydrogen (secondary N) is 1. The predicted molar refractivity (Wildman–Crippen MR) is 111 cm³/mol. The molecule has 1 fully saturated rings. The number of fused-ring (bicyclic) bond motifs is 1. The fraction of sp³-hybridized carbons (Fsp3) is 0.409. The lowest BCUT2D eigenvalue weighted by molar-refractivity contribution is 0.200. The molecule has 1 saturated heterocycles. The van der Waals surface area contributed by atoms with Gasteiger partial charge < -0.3 is 14.6 Å². The fourth-order valence-electron chi connectivity index (χ4n) is 3.74. The standard InChI is InChI=1S/C22H26ClN3O/c1-26-12-10-16(11-13-26)3-2-14-27-19-7-4-17(5-8-19)22-24-20-9-6-18(23)15-21(20)25-22/h4-9,15-16H,2-3,10-14H2,1H3,(H,24,25). The van der Waals surface area contributed by atoms with Crippen molar-refractivity contribution in [2.24, 2.45) is 5.92 Å². The van der Waals surface area contributed by atoms with Gasteiger partial charge in [0, 0.05) is 10.6 Å². The van der Waals surface area contributed by atoms with E-state index < -0.39 is 0 Å². The molecular weight excluding hydrogens is 358 g/mol. The van der Waals surface area contributed by atoms with Crippen molar-refractivity contribution in [1.82, 2.24) is 14.9 Å². The third kappa shape index (κ3) is 4.63. The molecule has 0 bridgehead atoms. The first kappa shape index (κ1) is 18.3. The molecule has 0 atom stereocenters. The molecule has 3 aromatic rings. The normalized spacial score (nSPS) is 16.1. The minimum absolute atomic E-state index is 0.710. The second-order valence-electron chi connectivity index (χ2n) is 7.51. The minimum atomic E-state index is 0.710. The van der Waals surface area contributed by atoms with Crippen LogP contribution in [0.25, 0.3) is 22.4 Å². The van der Waals surface area contributed by atoms with Crippen molar-refractivity contribution in [2.45, 2.75) is 25.7 Å². The molecular formula is C22H26ClN3O. The van der Waals surface area contributed by atoms with E-state index in [1.54, 1.807) is 0 Å². The largest absolute Gasteiger partial charge is 0.494 e. The van der Waals surface area contributed by atoms with Gasteiger partial charge in [-0.2, -0.15) is 0 Å². The van der Waals surface area contributed by atoms with E-state index in [9.17, 15) is 0 Å². The second kappa shape index (κ2) is 8.32. The molecule has 27 heavy (non-hydrogen) atoms. The summed E-state index contributed by atoms with van der Waals surface area (Å²) in [6.45, 7) is 3.26. The van der Waals surface area contributed by atoms with Crippen LogP contribution in [0.15, 0.2) is 42.5 Å². The molecule has 4 nitrogen and oxygen atoms in total. The summed E-state index contributed by atoms with van der Waals surface area (Å²) < 4.78 is 5.93. The summed E-state index contributed by atoms with van der Waals surface area (Å²) in [6, 6.07) is 13.8. The monoisotopic (exact) mass is 383 g/mol. The number of hydrogen-bond donors (Lipinski definition) is 1. The first-order valence-corrected chi connectivity index (χ1v) is 10.1. The van der Waals surface area contributed by atoms with E-state index >= 15 is 0 Å². The van der Waals surface area contributed by atoms with Crippen LogP contribution in [0, 0.1) is 5.92 Å². The number of H-pyrrole nitrogens is 1. The van der Waals surface area contributed by atoms with E-state index in [-0.39, 0.29) is 0 Å². The molecule has 0 saturated carbocycles. The van der Waals surface area contributed by atoms with E-state index in [4.69, 9.17) is 16.3 Å². The van der Waals surface area contributed by atoms with Gasteiger partial charge in [0.2, 0.25) is 0 Å². The molecule has 0 amide bonds. The summed E-state index contributed by atoms with van der Waals surface area (Å²) in [5, 5.41) is 0.710. The highest BCUT2D eigenvalue weighted by molar-refractivity contribution is 6.31. The van der Waals surface area contributed by atoms with Gasteiger partial charge in [0.1, 0.15) is 11.6 Å². The van der Waals surface area contributed by atoms with Crippen molar-refractivity contribution in [1.29, 1.82) is 0 Å². The number of ether oxygens (including phenoxy) is 1. The molecule has 2 heterocycles. The lowest BCUT2D eigenvalue weighted by Gasteiger charge is -2.28. The quantitative estimate of drug-likeness (QED) is 0.580. The van der Waals surface area contributed by atoms with E-state index in [2.05, 4.69) is 21.9 Å². The lowest BCUT2D eigenvalue weighted by atomic mass is 9.93. The van der Waals surface area contributed by atoms with Crippen molar-refractivity contribution in [3.05, 3.63) is 47.5 Å². The molecule has 5 heteroatoms. The maximum absolute atomic E-state index is 6.04. The fourth-order valence-corrected chi connectivity index (χ4v) is 3.91. The Bertz CT molecular complexity index is 882. The van der Waals surface area contributed by atoms with E-state index in [1.807, 2.05) is 42.5 Å². The number of halogens is 1. The van der Waals surface area contributed by atoms with Crippen molar-refractivity contribution < 1.29 is 4.74 Å². The van der Waals surface area contributed by atoms with E-state index in [0.29, 0.717) is 5.02 Å². The number of rotatable bonds is 6. The van der Waals surface area contributed by atoms with Gasteiger partial charge in [-0.1, -0.05) is 11.6 Å². The minimum Gasteiger partial charge on any atom is -0.494 e. The number of imidazole rings is 1. The molecule has 1 N–H and O–H groups in total. The smallest absolute Gasteiger partial charge is 0.138 e. The van der Waals surface area contributed by atoms with Crippen LogP contribution >= 0.6 is 11.6 Å². The molecule has 0 spiro atoms. The van der Waals surface area contributed by atoms with Crippen molar-refractivity contribution in [3.8, 4) is 17.1 Å². The Morgan fingerprint density at radius 1 is 1.15 bits per heavy atom. The van der Waals surface area contributed by atoms with Crippen LogP contribution < -0.4 is 4.74 Å². The molecule has 142 valence electrons. The second-order valence-corrected chi connectivity index (χ2v) is 7.95. The maximum atomic E-state index is 6.04. The van der Waals surface area contributed by atoms with Crippen LogP contribution in [-0.2, 0) is 0 Å². The number of hydrogen-bond acceptors (Lipinski definition) is 3. The van der Waals surface area contributed by atoms with Crippen LogP contribution in [0.4, 0.5) is 0 Å². The van der Waals surface area contributed by atoms with Crippen molar-refractivity contribution in [2.75, 3.05) is 26.7 Å². The number of likely N-dealkylation sites (tertiary alicyclic amines) is 1. The van der Waals surface area contributed by atoms with Crippen molar-refractivity contribution >= 4 is 22.6 Å². The van der Waals surface area contributed by atoms with Gasteiger partial charge in [0.05, 0.1) is 17.6 Å². The summed E-state index contributed by atoms with van der Waals surface area (Å²) >= 11 is 6.04. The summed E-state index contributed by atoms with van der Waals surface area (Å²) in [4.78, 5) is 10.4. The van der Waals surface area contributed by atoms with Gasteiger partial charge in [-0.3, -0.25) is 0 Å². The molecule has 1 aliphatic rings. The predicted octanol–water partition coefficient (Wildman–Crippen LogP) is 5.38. The first-order chi connectivity index (χ1) is 13.2. The summed E-state index contributed by atoms with van der Waals surface area (Å²) in [7, 11) is 2.21. The topological polar surface area (TPSA) is 41.1 Å². The number of aromatic amines is 1. The van der Waals surface area contributed by atoms with Crippen LogP contribution in [0.5, 0.6) is 5.75 Å². The first-order valence-electron chi connectivity index (χ1n) is 9.74. The Kier molecular flexibility index (Phi) is 5.65. The molecule has 2 aromatic carbocycles. The highest BCUT2D eigenvalue weighted by Gasteiger charge is 2.16. The number of nitrogens with zero attached hydrogens (tertiary/aromatic N) is 2. The Labute approximate surface area is 165 Å². The van der Waals surface area contributed by atoms with Crippen LogP contribution in [0.2, 0.25) is 5.02 Å². The van der Waals surface area contributed by atoms with E-state index in [0.717, 1.165) is 47.1 Å². The van der Waals surface area contributed by atoms with Gasteiger partial charge in [0.25, 0.3) is 0 Å². The zero-order valence-corrected chi connectivity index (χ0v) is 16.5. The third-order valence-electron chi connectivity index (χ3n) is 5.44. The zero-order chi connectivity index (χ0) is 18.6. The molecule has 0 radical (unpaired) electrons. The zero-order valence-electron chi connectivity index (χ0n) is 15.7. The summed E-state index contributed by atoms with van der Waals surface area (Å²) in [5.41, 5.74) is 2.91. The molecule has 0 aliphatic carbocycles. The Hall–Kier alpha value is -2.04. The SMILES string of the molecule is CN1CCC(CCCOc2ccc(-c3nc4ccc(Cl)cc4[nH]3)cc2)CC1. The molecule has 1 aliphatic heterocycles. The maximum Gasteiger partial charge on any atom is 0.138 e.